The van der Waals surface area contributed by atoms with Crippen LogP contribution in [0.4, 0.5) is 9.59 Å². The Bertz CT molecular complexity index is 517. The van der Waals surface area contributed by atoms with Crippen molar-refractivity contribution in [2.75, 3.05) is 13.1 Å². The zero-order valence-electron chi connectivity index (χ0n) is 17.9. The Morgan fingerprint density at radius 2 is 1.79 bits per heavy atom. The number of carbonyl (C=O) groups is 3. The molecule has 0 aromatic carbocycles. The summed E-state index contributed by atoms with van der Waals surface area (Å²) in [6.07, 6.45) is 4.16. The van der Waals surface area contributed by atoms with Gasteiger partial charge >= 0.3 is 18.2 Å². The minimum absolute atomic E-state index is 0.191. The van der Waals surface area contributed by atoms with Gasteiger partial charge in [0.25, 0.3) is 0 Å². The number of hydrogen-bond acceptors (Lipinski definition) is 6. The summed E-state index contributed by atoms with van der Waals surface area (Å²) in [6.45, 7) is 9.82. The number of likely N-dealkylation sites (tertiary alicyclic amines) is 1. The molecule has 1 saturated heterocycles. The molecule has 0 bridgehead atoms. The minimum Gasteiger partial charge on any atom is -0.444 e. The maximum Gasteiger partial charge on any atom is 0.412 e. The van der Waals surface area contributed by atoms with Crippen molar-refractivity contribution in [2.45, 2.75) is 97.5 Å². The molecule has 0 aromatic rings. The molecule has 0 spiro atoms. The highest BCUT2D eigenvalue weighted by Crippen LogP contribution is 2.14. The van der Waals surface area contributed by atoms with Crippen molar-refractivity contribution < 1.29 is 28.6 Å². The first-order chi connectivity index (χ1) is 13.1. The van der Waals surface area contributed by atoms with E-state index >= 15 is 0 Å². The molecule has 162 valence electrons. The van der Waals surface area contributed by atoms with Gasteiger partial charge in [-0.2, -0.15) is 0 Å². The SMILES string of the molecule is CCCCCCCC(=O)OC(C)OC(=O)N1CC[C@H](NC(=O)OC(C)(C)C)C1. The summed E-state index contributed by atoms with van der Waals surface area (Å²) in [6, 6.07) is -0.191. The second-order valence-corrected chi connectivity index (χ2v) is 8.18. The molecule has 1 aliphatic heterocycles. The zero-order valence-corrected chi connectivity index (χ0v) is 17.9. The molecule has 28 heavy (non-hydrogen) atoms. The summed E-state index contributed by atoms with van der Waals surface area (Å²) < 4.78 is 15.5. The lowest BCUT2D eigenvalue weighted by Crippen LogP contribution is -2.41. The van der Waals surface area contributed by atoms with Crippen molar-refractivity contribution in [3.63, 3.8) is 0 Å². The van der Waals surface area contributed by atoms with E-state index < -0.39 is 24.1 Å². The predicted octanol–water partition coefficient (Wildman–Crippen LogP) is 3.97. The molecular weight excluding hydrogens is 364 g/mol. The zero-order chi connectivity index (χ0) is 21.2. The molecule has 1 fully saturated rings. The van der Waals surface area contributed by atoms with Gasteiger partial charge in [0.05, 0.1) is 6.04 Å². The van der Waals surface area contributed by atoms with Crippen molar-refractivity contribution in [2.24, 2.45) is 0 Å². The Kier molecular flexibility index (Phi) is 10.1. The van der Waals surface area contributed by atoms with Crippen LogP contribution in [0.1, 0.15) is 79.6 Å². The molecular formula is C20H36N2O6. The van der Waals surface area contributed by atoms with E-state index in [9.17, 15) is 14.4 Å². The quantitative estimate of drug-likeness (QED) is 0.357. The lowest BCUT2D eigenvalue weighted by Gasteiger charge is -2.22. The van der Waals surface area contributed by atoms with Crippen LogP contribution in [0.15, 0.2) is 0 Å². The van der Waals surface area contributed by atoms with Crippen LogP contribution in [0.3, 0.4) is 0 Å². The molecule has 0 aliphatic carbocycles. The van der Waals surface area contributed by atoms with E-state index in [-0.39, 0.29) is 12.0 Å². The Balaban J connectivity index is 2.26. The molecule has 1 heterocycles. The molecule has 0 radical (unpaired) electrons. The largest absolute Gasteiger partial charge is 0.444 e. The first-order valence-electron chi connectivity index (χ1n) is 10.2. The predicted molar refractivity (Wildman–Crippen MR) is 105 cm³/mol. The standard InChI is InChI=1S/C20H36N2O6/c1-6-7-8-9-10-11-17(23)26-15(2)27-19(25)22-13-12-16(14-22)21-18(24)28-20(3,4)5/h15-16H,6-14H2,1-5H3,(H,21,24)/t15?,16-/m0/s1. The van der Waals surface area contributed by atoms with Gasteiger partial charge in [-0.1, -0.05) is 32.6 Å². The summed E-state index contributed by atoms with van der Waals surface area (Å²) >= 11 is 0. The third kappa shape index (κ3) is 10.4. The van der Waals surface area contributed by atoms with Crippen LogP contribution in [0.25, 0.3) is 0 Å². The van der Waals surface area contributed by atoms with Crippen LogP contribution in [-0.2, 0) is 19.0 Å². The second-order valence-electron chi connectivity index (χ2n) is 8.18. The topological polar surface area (TPSA) is 94.2 Å². The Hall–Kier alpha value is -1.99. The van der Waals surface area contributed by atoms with Gasteiger partial charge in [0.2, 0.25) is 6.29 Å². The summed E-state index contributed by atoms with van der Waals surface area (Å²) in [4.78, 5) is 37.3. The molecule has 0 aromatic heterocycles. The summed E-state index contributed by atoms with van der Waals surface area (Å²) in [7, 11) is 0. The number of carbonyl (C=O) groups excluding carboxylic acids is 3. The van der Waals surface area contributed by atoms with Gasteiger partial charge in [-0.3, -0.25) is 4.79 Å². The number of nitrogens with one attached hydrogen (secondary N) is 1. The van der Waals surface area contributed by atoms with Gasteiger partial charge in [-0.15, -0.1) is 0 Å². The third-order valence-electron chi connectivity index (χ3n) is 4.22. The summed E-state index contributed by atoms with van der Waals surface area (Å²) in [5.74, 6) is -0.359. The van der Waals surface area contributed by atoms with E-state index in [4.69, 9.17) is 14.2 Å². The van der Waals surface area contributed by atoms with Crippen LogP contribution in [0, 0.1) is 0 Å². The number of unbranched alkanes of at least 4 members (excludes halogenated alkanes) is 4. The fraction of sp³-hybridized carbons (Fsp3) is 0.850. The van der Waals surface area contributed by atoms with Gasteiger partial charge in [0, 0.05) is 26.4 Å². The van der Waals surface area contributed by atoms with Crippen molar-refractivity contribution in [3.05, 3.63) is 0 Å². The normalized spacial score (nSPS) is 17.8. The lowest BCUT2D eigenvalue weighted by atomic mass is 10.1. The van der Waals surface area contributed by atoms with Crippen molar-refractivity contribution in [1.29, 1.82) is 0 Å². The molecule has 2 amide bonds. The monoisotopic (exact) mass is 400 g/mol. The van der Waals surface area contributed by atoms with Crippen LogP contribution >= 0.6 is 0 Å². The fourth-order valence-electron chi connectivity index (χ4n) is 2.88. The summed E-state index contributed by atoms with van der Waals surface area (Å²) in [5, 5.41) is 2.75. The Labute approximate surface area is 168 Å². The summed E-state index contributed by atoms with van der Waals surface area (Å²) in [5.41, 5.74) is -0.573. The van der Waals surface area contributed by atoms with E-state index in [1.807, 2.05) is 0 Å². The van der Waals surface area contributed by atoms with Crippen LogP contribution in [0.2, 0.25) is 0 Å². The van der Waals surface area contributed by atoms with Crippen molar-refractivity contribution >= 4 is 18.2 Å². The van der Waals surface area contributed by atoms with Crippen LogP contribution in [0.5, 0.6) is 0 Å². The van der Waals surface area contributed by atoms with Gasteiger partial charge in [-0.05, 0) is 33.6 Å². The van der Waals surface area contributed by atoms with Crippen LogP contribution < -0.4 is 5.32 Å². The van der Waals surface area contributed by atoms with Crippen LogP contribution in [-0.4, -0.2) is 54.1 Å². The molecule has 8 nitrogen and oxygen atoms in total. The smallest absolute Gasteiger partial charge is 0.412 e. The maximum absolute atomic E-state index is 12.2. The molecule has 8 heteroatoms. The number of hydrogen-bond donors (Lipinski definition) is 1. The van der Waals surface area contributed by atoms with E-state index in [2.05, 4.69) is 12.2 Å². The van der Waals surface area contributed by atoms with E-state index in [1.54, 1.807) is 20.8 Å². The number of ether oxygens (including phenoxy) is 3. The molecule has 1 unspecified atom stereocenters. The Morgan fingerprint density at radius 1 is 1.11 bits per heavy atom. The number of esters is 1. The molecule has 1 rings (SSSR count). The highest BCUT2D eigenvalue weighted by Gasteiger charge is 2.30. The number of nitrogens with zero attached hydrogens (tertiary/aromatic N) is 1. The first-order valence-corrected chi connectivity index (χ1v) is 10.2. The van der Waals surface area contributed by atoms with E-state index in [1.165, 1.54) is 18.2 Å². The van der Waals surface area contributed by atoms with Gasteiger partial charge < -0.3 is 24.4 Å². The molecule has 0 saturated carbocycles. The van der Waals surface area contributed by atoms with Crippen molar-refractivity contribution in [3.8, 4) is 0 Å². The lowest BCUT2D eigenvalue weighted by molar-refractivity contribution is -0.166. The highest BCUT2D eigenvalue weighted by atomic mass is 16.7. The molecule has 2 atom stereocenters. The van der Waals surface area contributed by atoms with Crippen molar-refractivity contribution in [1.82, 2.24) is 10.2 Å². The van der Waals surface area contributed by atoms with E-state index in [0.29, 0.717) is 25.9 Å². The molecule has 1 N–H and O–H groups in total. The molecule has 1 aliphatic rings. The van der Waals surface area contributed by atoms with Gasteiger partial charge in [0.15, 0.2) is 0 Å². The number of rotatable bonds is 9. The van der Waals surface area contributed by atoms with Gasteiger partial charge in [0.1, 0.15) is 5.60 Å². The minimum atomic E-state index is -0.937. The first kappa shape index (κ1) is 24.0. The Morgan fingerprint density at radius 3 is 2.43 bits per heavy atom. The maximum atomic E-state index is 12.2. The number of alkyl carbamates (subject to hydrolysis) is 1. The fourth-order valence-corrected chi connectivity index (χ4v) is 2.88. The highest BCUT2D eigenvalue weighted by molar-refractivity contribution is 5.71. The van der Waals surface area contributed by atoms with E-state index in [0.717, 1.165) is 25.7 Å². The van der Waals surface area contributed by atoms with Gasteiger partial charge in [-0.25, -0.2) is 9.59 Å². The second kappa shape index (κ2) is 11.8. The average molecular weight is 401 g/mol. The average Bonchev–Trinajstić information content (AvgIpc) is 3.01. The third-order valence-corrected chi connectivity index (χ3v) is 4.22. The number of amides is 2.